The summed E-state index contributed by atoms with van der Waals surface area (Å²) in [5.41, 5.74) is 0.874. The summed E-state index contributed by atoms with van der Waals surface area (Å²) in [6.45, 7) is 0. The molecular weight excluding hydrogens is 363 g/mol. The van der Waals surface area contributed by atoms with Crippen LogP contribution in [-0.4, -0.2) is 20.1 Å². The standard InChI is InChI=1S/C18H14Cl2N2O3/c1-24-14-4-6-17(25-2)11(8-14)7-12(10-21)18(23)22-13-3-5-15(19)16(20)9-13/h3-9H,1-2H3,(H,22,23)/b12-7-. The average molecular weight is 377 g/mol. The van der Waals surface area contributed by atoms with Gasteiger partial charge >= 0.3 is 0 Å². The van der Waals surface area contributed by atoms with Crippen LogP contribution < -0.4 is 14.8 Å². The van der Waals surface area contributed by atoms with Crippen molar-refractivity contribution in [2.45, 2.75) is 0 Å². The summed E-state index contributed by atoms with van der Waals surface area (Å²) in [4.78, 5) is 12.3. The Balaban J connectivity index is 2.32. The van der Waals surface area contributed by atoms with Gasteiger partial charge in [-0.2, -0.15) is 5.26 Å². The van der Waals surface area contributed by atoms with E-state index in [1.54, 1.807) is 30.3 Å². The van der Waals surface area contributed by atoms with Gasteiger partial charge in [-0.15, -0.1) is 0 Å². The first-order chi connectivity index (χ1) is 12.0. The van der Waals surface area contributed by atoms with E-state index in [1.807, 2.05) is 6.07 Å². The average Bonchev–Trinajstić information content (AvgIpc) is 2.62. The molecule has 0 radical (unpaired) electrons. The molecule has 1 amide bonds. The first kappa shape index (κ1) is 18.7. The topological polar surface area (TPSA) is 71.3 Å². The van der Waals surface area contributed by atoms with Crippen LogP contribution >= 0.6 is 23.2 Å². The molecule has 0 fully saturated rings. The molecule has 0 saturated carbocycles. The summed E-state index contributed by atoms with van der Waals surface area (Å²) < 4.78 is 10.4. The summed E-state index contributed by atoms with van der Waals surface area (Å²) in [7, 11) is 3.03. The molecule has 7 heteroatoms. The highest BCUT2D eigenvalue weighted by Gasteiger charge is 2.12. The Morgan fingerprint density at radius 1 is 1.12 bits per heavy atom. The molecule has 2 aromatic rings. The minimum atomic E-state index is -0.578. The fourth-order valence-corrected chi connectivity index (χ4v) is 2.33. The zero-order valence-corrected chi connectivity index (χ0v) is 15.0. The Kier molecular flexibility index (Phi) is 6.29. The maximum Gasteiger partial charge on any atom is 0.266 e. The van der Waals surface area contributed by atoms with Crippen molar-refractivity contribution in [3.63, 3.8) is 0 Å². The van der Waals surface area contributed by atoms with Gasteiger partial charge in [0.2, 0.25) is 0 Å². The van der Waals surface area contributed by atoms with Gasteiger partial charge in [0, 0.05) is 11.3 Å². The van der Waals surface area contributed by atoms with E-state index in [2.05, 4.69) is 5.32 Å². The van der Waals surface area contributed by atoms with Crippen molar-refractivity contribution in [1.82, 2.24) is 0 Å². The number of hydrogen-bond donors (Lipinski definition) is 1. The fourth-order valence-electron chi connectivity index (χ4n) is 2.03. The number of nitrogens with one attached hydrogen (secondary N) is 1. The number of ether oxygens (including phenoxy) is 2. The van der Waals surface area contributed by atoms with Gasteiger partial charge in [0.15, 0.2) is 0 Å². The van der Waals surface area contributed by atoms with Gasteiger partial charge in [-0.05, 0) is 42.5 Å². The molecule has 0 aromatic heterocycles. The molecule has 0 atom stereocenters. The van der Waals surface area contributed by atoms with E-state index in [-0.39, 0.29) is 5.57 Å². The van der Waals surface area contributed by atoms with Crippen LogP contribution in [0.4, 0.5) is 5.69 Å². The van der Waals surface area contributed by atoms with E-state index in [9.17, 15) is 10.1 Å². The van der Waals surface area contributed by atoms with Crippen LogP contribution in [0.25, 0.3) is 6.08 Å². The number of amides is 1. The second-order valence-electron chi connectivity index (χ2n) is 4.86. The van der Waals surface area contributed by atoms with Gasteiger partial charge in [0.05, 0.1) is 24.3 Å². The van der Waals surface area contributed by atoms with Crippen LogP contribution in [0, 0.1) is 11.3 Å². The third-order valence-corrected chi connectivity index (χ3v) is 4.02. The van der Waals surface area contributed by atoms with Gasteiger partial charge in [0.25, 0.3) is 5.91 Å². The molecule has 25 heavy (non-hydrogen) atoms. The first-order valence-electron chi connectivity index (χ1n) is 7.08. The van der Waals surface area contributed by atoms with E-state index in [4.69, 9.17) is 32.7 Å². The predicted molar refractivity (Wildman–Crippen MR) is 98.2 cm³/mol. The van der Waals surface area contributed by atoms with E-state index < -0.39 is 5.91 Å². The monoisotopic (exact) mass is 376 g/mol. The van der Waals surface area contributed by atoms with E-state index in [0.29, 0.717) is 32.8 Å². The van der Waals surface area contributed by atoms with Crippen molar-refractivity contribution >= 4 is 40.9 Å². The molecule has 0 unspecified atom stereocenters. The van der Waals surface area contributed by atoms with Crippen molar-refractivity contribution in [1.29, 1.82) is 5.26 Å². The fraction of sp³-hybridized carbons (Fsp3) is 0.111. The molecule has 0 saturated heterocycles. The second kappa shape index (κ2) is 8.43. The van der Waals surface area contributed by atoms with Crippen molar-refractivity contribution < 1.29 is 14.3 Å². The molecule has 1 N–H and O–H groups in total. The lowest BCUT2D eigenvalue weighted by Crippen LogP contribution is -2.13. The Morgan fingerprint density at radius 3 is 2.48 bits per heavy atom. The summed E-state index contributed by atoms with van der Waals surface area (Å²) in [6.07, 6.45) is 1.42. The number of nitrogens with zero attached hydrogens (tertiary/aromatic N) is 1. The predicted octanol–water partition coefficient (Wildman–Crippen LogP) is 4.56. The van der Waals surface area contributed by atoms with Gasteiger partial charge < -0.3 is 14.8 Å². The number of carbonyl (C=O) groups is 1. The number of rotatable bonds is 5. The number of benzene rings is 2. The van der Waals surface area contributed by atoms with Crippen molar-refractivity contribution in [3.8, 4) is 17.6 Å². The molecule has 0 aliphatic heterocycles. The first-order valence-corrected chi connectivity index (χ1v) is 7.84. The quantitative estimate of drug-likeness (QED) is 0.613. The Hall–Kier alpha value is -2.68. The number of hydrogen-bond acceptors (Lipinski definition) is 4. The molecule has 0 aliphatic carbocycles. The van der Waals surface area contributed by atoms with Crippen LogP contribution in [0.1, 0.15) is 5.56 Å². The maximum absolute atomic E-state index is 12.3. The molecule has 0 spiro atoms. The largest absolute Gasteiger partial charge is 0.497 e. The minimum absolute atomic E-state index is 0.0994. The number of anilines is 1. The zero-order chi connectivity index (χ0) is 18.4. The molecule has 0 aliphatic rings. The number of nitriles is 1. The molecule has 2 rings (SSSR count). The van der Waals surface area contributed by atoms with Crippen molar-refractivity contribution in [2.75, 3.05) is 19.5 Å². The lowest BCUT2D eigenvalue weighted by Gasteiger charge is -2.09. The van der Waals surface area contributed by atoms with Crippen molar-refractivity contribution in [3.05, 3.63) is 57.6 Å². The Bertz CT molecular complexity index is 873. The summed E-state index contributed by atoms with van der Waals surface area (Å²) in [5, 5.41) is 12.6. The SMILES string of the molecule is COc1ccc(OC)c(/C=C(/C#N)C(=O)Nc2ccc(Cl)c(Cl)c2)c1. The summed E-state index contributed by atoms with van der Waals surface area (Å²) >= 11 is 11.8. The van der Waals surface area contributed by atoms with E-state index >= 15 is 0 Å². The molecule has 128 valence electrons. The van der Waals surface area contributed by atoms with E-state index in [0.717, 1.165) is 0 Å². The summed E-state index contributed by atoms with van der Waals surface area (Å²) in [6, 6.07) is 11.6. The lowest BCUT2D eigenvalue weighted by atomic mass is 10.1. The normalized spacial score (nSPS) is 10.8. The third kappa shape index (κ3) is 4.66. The number of carbonyl (C=O) groups excluding carboxylic acids is 1. The minimum Gasteiger partial charge on any atom is -0.497 e. The third-order valence-electron chi connectivity index (χ3n) is 3.28. The number of halogens is 2. The Labute approximate surface area is 155 Å². The maximum atomic E-state index is 12.3. The van der Waals surface area contributed by atoms with Gasteiger partial charge in [-0.1, -0.05) is 23.2 Å². The van der Waals surface area contributed by atoms with Crippen LogP contribution in [0.15, 0.2) is 42.0 Å². The molecular formula is C18H14Cl2N2O3. The molecule has 0 heterocycles. The summed E-state index contributed by atoms with van der Waals surface area (Å²) in [5.74, 6) is 0.510. The zero-order valence-electron chi connectivity index (χ0n) is 13.5. The highest BCUT2D eigenvalue weighted by Crippen LogP contribution is 2.27. The van der Waals surface area contributed by atoms with Crippen molar-refractivity contribution in [2.24, 2.45) is 0 Å². The molecule has 0 bridgehead atoms. The highest BCUT2D eigenvalue weighted by molar-refractivity contribution is 6.42. The van der Waals surface area contributed by atoms with Crippen LogP contribution in [0.2, 0.25) is 10.0 Å². The van der Waals surface area contributed by atoms with Gasteiger partial charge in [-0.3, -0.25) is 4.79 Å². The smallest absolute Gasteiger partial charge is 0.266 e. The van der Waals surface area contributed by atoms with Crippen LogP contribution in [0.3, 0.4) is 0 Å². The molecule has 2 aromatic carbocycles. The molecule has 5 nitrogen and oxygen atoms in total. The van der Waals surface area contributed by atoms with Crippen LogP contribution in [-0.2, 0) is 4.79 Å². The van der Waals surface area contributed by atoms with Gasteiger partial charge in [0.1, 0.15) is 23.1 Å². The van der Waals surface area contributed by atoms with Gasteiger partial charge in [-0.25, -0.2) is 0 Å². The van der Waals surface area contributed by atoms with Crippen LogP contribution in [0.5, 0.6) is 11.5 Å². The lowest BCUT2D eigenvalue weighted by molar-refractivity contribution is -0.112. The van der Waals surface area contributed by atoms with E-state index in [1.165, 1.54) is 26.4 Å². The highest BCUT2D eigenvalue weighted by atomic mass is 35.5. The second-order valence-corrected chi connectivity index (χ2v) is 5.68. The Morgan fingerprint density at radius 2 is 1.88 bits per heavy atom. The number of methoxy groups -OCH3 is 2.